The number of ether oxygens (including phenoxy) is 2. The quantitative estimate of drug-likeness (QED) is 0.0774. The van der Waals surface area contributed by atoms with E-state index in [2.05, 4.69) is 42.4 Å². The van der Waals surface area contributed by atoms with Crippen molar-refractivity contribution in [2.45, 2.75) is 102 Å². The summed E-state index contributed by atoms with van der Waals surface area (Å²) in [5, 5.41) is 5.17. The minimum Gasteiger partial charge on any atom is -0.453 e. The number of nitrogens with one attached hydrogen (secondary N) is 4. The summed E-state index contributed by atoms with van der Waals surface area (Å²) < 4.78 is 42.9. The molecule has 0 radical (unpaired) electrons. The van der Waals surface area contributed by atoms with Crippen molar-refractivity contribution in [2.24, 2.45) is 5.92 Å². The van der Waals surface area contributed by atoms with Crippen LogP contribution in [0, 0.1) is 17.6 Å². The number of benzene rings is 4. The number of piperidine rings is 1. The molecule has 380 valence electrons. The van der Waals surface area contributed by atoms with Crippen LogP contribution in [-0.4, -0.2) is 107 Å². The zero-order valence-electron chi connectivity index (χ0n) is 41.6. The van der Waals surface area contributed by atoms with Crippen LogP contribution in [0.1, 0.15) is 118 Å². The number of halogens is 2. The molecule has 2 aromatic heterocycles. The van der Waals surface area contributed by atoms with Gasteiger partial charge in [0, 0.05) is 31.9 Å². The van der Waals surface area contributed by atoms with E-state index in [0.29, 0.717) is 86.1 Å². The Hall–Kier alpha value is -7.24. The maximum atomic E-state index is 16.7. The molecule has 16 nitrogen and oxygen atoms in total. The van der Waals surface area contributed by atoms with Crippen LogP contribution >= 0.6 is 0 Å². The molecular weight excluding hydrogens is 923 g/mol. The number of carbonyl (C=O) groups excluding carboxylic acids is 4. The zero-order chi connectivity index (χ0) is 50.6. The van der Waals surface area contributed by atoms with Gasteiger partial charge in [0.25, 0.3) is 0 Å². The van der Waals surface area contributed by atoms with Crippen LogP contribution in [0.15, 0.2) is 78.9 Å². The standard InChI is InChI=1S/C54H64F2N10O6/c1-6-22-64(52(68)49(32(2)3)62-54(70)72-5)31-47-58-40-16-14-35(26-42(40)59-47)44-18-19-45(36-15-17-41-43(27-36)61-51(60-41)46-13-10-23-65(46)48(67)30-57-53(69)71-4)66(44)37-28-38(55)50(39(56)29-37)63-24-20-34(21-25-63)33-11-8-7-9-12-33/h7-9,11-12,14-17,26-29,32,34,44-46,49H,6,10,13,18-25,30-31H2,1-5H3,(H,57,69)(H,58,59)(H,60,61)(H,62,70)/t44-,45+,46+,49?/m1/s1. The Bertz CT molecular complexity index is 2900. The fourth-order valence-electron chi connectivity index (χ4n) is 11.0. The van der Waals surface area contributed by atoms with E-state index in [1.807, 2.05) is 80.3 Å². The molecule has 4 amide bonds. The number of hydrogen-bond acceptors (Lipinski definition) is 10. The highest BCUT2D eigenvalue weighted by Gasteiger charge is 2.39. The van der Waals surface area contributed by atoms with Crippen LogP contribution in [0.2, 0.25) is 0 Å². The lowest BCUT2D eigenvalue weighted by atomic mass is 9.89. The molecule has 5 heterocycles. The first kappa shape index (κ1) is 49.7. The molecule has 72 heavy (non-hydrogen) atoms. The van der Waals surface area contributed by atoms with Crippen molar-refractivity contribution in [3.63, 3.8) is 0 Å². The average Bonchev–Trinajstić information content (AvgIpc) is 4.22. The van der Waals surface area contributed by atoms with Crippen LogP contribution < -0.4 is 20.4 Å². The summed E-state index contributed by atoms with van der Waals surface area (Å²) in [6, 6.07) is 23.5. The molecule has 3 aliphatic rings. The van der Waals surface area contributed by atoms with Gasteiger partial charge in [-0.1, -0.05) is 63.2 Å². The first-order valence-electron chi connectivity index (χ1n) is 25.1. The largest absolute Gasteiger partial charge is 0.453 e. The molecule has 3 fully saturated rings. The molecule has 0 saturated carbocycles. The number of rotatable bonds is 15. The van der Waals surface area contributed by atoms with E-state index in [0.717, 1.165) is 41.4 Å². The monoisotopic (exact) mass is 986 g/mol. The normalized spacial score (nSPS) is 18.8. The second-order valence-electron chi connectivity index (χ2n) is 19.5. The average molecular weight is 987 g/mol. The van der Waals surface area contributed by atoms with Gasteiger partial charge in [0.05, 0.1) is 61.0 Å². The number of H-pyrrole nitrogens is 2. The van der Waals surface area contributed by atoms with Gasteiger partial charge in [-0.3, -0.25) is 9.59 Å². The van der Waals surface area contributed by atoms with E-state index in [9.17, 15) is 19.2 Å². The fourth-order valence-corrected chi connectivity index (χ4v) is 11.0. The Morgan fingerprint density at radius 3 is 2.03 bits per heavy atom. The second-order valence-corrected chi connectivity index (χ2v) is 19.5. The Balaban J connectivity index is 1.02. The molecular formula is C54H64F2N10O6. The number of anilines is 2. The summed E-state index contributed by atoms with van der Waals surface area (Å²) in [5.41, 5.74) is 6.42. The highest BCUT2D eigenvalue weighted by atomic mass is 19.1. The van der Waals surface area contributed by atoms with Crippen LogP contribution in [0.4, 0.5) is 29.7 Å². The van der Waals surface area contributed by atoms with Crippen LogP contribution in [0.5, 0.6) is 0 Å². The number of methoxy groups -OCH3 is 2. The van der Waals surface area contributed by atoms with Gasteiger partial charge in [-0.25, -0.2) is 28.3 Å². The highest BCUT2D eigenvalue weighted by molar-refractivity contribution is 5.86. The number of likely N-dealkylation sites (tertiary alicyclic amines) is 1. The van der Waals surface area contributed by atoms with Gasteiger partial charge >= 0.3 is 12.2 Å². The number of fused-ring (bicyclic) bond motifs is 2. The topological polar surface area (TPSA) is 181 Å². The van der Waals surface area contributed by atoms with E-state index in [1.54, 1.807) is 9.80 Å². The lowest BCUT2D eigenvalue weighted by Gasteiger charge is -2.36. The smallest absolute Gasteiger partial charge is 0.407 e. The van der Waals surface area contributed by atoms with Gasteiger partial charge < -0.3 is 49.7 Å². The van der Waals surface area contributed by atoms with Gasteiger partial charge in [0.1, 0.15) is 29.9 Å². The van der Waals surface area contributed by atoms with Crippen LogP contribution in [0.3, 0.4) is 0 Å². The van der Waals surface area contributed by atoms with E-state index in [4.69, 9.17) is 14.7 Å². The number of nitrogens with zero attached hydrogens (tertiary/aromatic N) is 6. The minimum atomic E-state index is -0.788. The third kappa shape index (κ3) is 10.4. The molecule has 0 bridgehead atoms. The molecule has 4 atom stereocenters. The Morgan fingerprint density at radius 1 is 0.764 bits per heavy atom. The summed E-state index contributed by atoms with van der Waals surface area (Å²) in [6.07, 6.45) is 3.73. The van der Waals surface area contributed by atoms with E-state index < -0.39 is 29.9 Å². The van der Waals surface area contributed by atoms with Crippen molar-refractivity contribution in [1.29, 1.82) is 0 Å². The molecule has 4 N–H and O–H groups in total. The molecule has 3 saturated heterocycles. The number of carbonyl (C=O) groups is 4. The first-order chi connectivity index (χ1) is 34.8. The van der Waals surface area contributed by atoms with Crippen molar-refractivity contribution in [3.8, 4) is 0 Å². The predicted octanol–water partition coefficient (Wildman–Crippen LogP) is 9.32. The number of alkyl carbamates (subject to hydrolysis) is 2. The molecule has 9 rings (SSSR count). The molecule has 4 aromatic carbocycles. The third-order valence-corrected chi connectivity index (χ3v) is 14.6. The van der Waals surface area contributed by atoms with Crippen molar-refractivity contribution < 1.29 is 37.4 Å². The number of hydrogen-bond donors (Lipinski definition) is 4. The Kier molecular flexibility index (Phi) is 14.9. The molecule has 0 aliphatic carbocycles. The van der Waals surface area contributed by atoms with Crippen molar-refractivity contribution in [3.05, 3.63) is 119 Å². The predicted molar refractivity (Wildman–Crippen MR) is 270 cm³/mol. The van der Waals surface area contributed by atoms with Gasteiger partial charge in [-0.2, -0.15) is 0 Å². The van der Waals surface area contributed by atoms with Crippen LogP contribution in [0.25, 0.3) is 22.1 Å². The number of imidazole rings is 2. The number of amides is 4. The van der Waals surface area contributed by atoms with Gasteiger partial charge in [0.15, 0.2) is 11.6 Å². The molecule has 18 heteroatoms. The molecule has 0 spiro atoms. The van der Waals surface area contributed by atoms with Crippen molar-refractivity contribution in [1.82, 2.24) is 40.4 Å². The lowest BCUT2D eigenvalue weighted by Crippen LogP contribution is -2.51. The third-order valence-electron chi connectivity index (χ3n) is 14.6. The van der Waals surface area contributed by atoms with Crippen molar-refractivity contribution in [2.75, 3.05) is 56.7 Å². The summed E-state index contributed by atoms with van der Waals surface area (Å²) in [5.74, 6) is -0.343. The Labute approximate surface area is 417 Å². The maximum Gasteiger partial charge on any atom is 0.407 e. The fraction of sp³-hybridized carbons (Fsp3) is 0.444. The lowest BCUT2D eigenvalue weighted by molar-refractivity contribution is -0.135. The van der Waals surface area contributed by atoms with E-state index in [-0.39, 0.29) is 54.6 Å². The Morgan fingerprint density at radius 2 is 1.40 bits per heavy atom. The SMILES string of the molecule is CCCN(Cc1nc2cc([C@H]3CC[C@@H](c4ccc5[nH]c([C@@H]6CCCN6C(=O)CNC(=O)OC)nc5c4)N3c3cc(F)c(N4CCC(c5ccccc5)CC4)c(F)c3)ccc2[nH]1)C(=O)C(NC(=O)OC)C(C)C. The minimum absolute atomic E-state index is 0.00888. The van der Waals surface area contributed by atoms with Gasteiger partial charge in [-0.05, 0) is 110 Å². The van der Waals surface area contributed by atoms with E-state index >= 15 is 8.78 Å². The summed E-state index contributed by atoms with van der Waals surface area (Å²) in [4.78, 5) is 75.1. The highest BCUT2D eigenvalue weighted by Crippen LogP contribution is 2.49. The van der Waals surface area contributed by atoms with Crippen molar-refractivity contribution >= 4 is 57.4 Å². The summed E-state index contributed by atoms with van der Waals surface area (Å²) in [7, 11) is 2.51. The second kappa shape index (κ2) is 21.6. The molecule has 1 unspecified atom stereocenters. The molecule has 3 aliphatic heterocycles. The molecule has 6 aromatic rings. The van der Waals surface area contributed by atoms with Gasteiger partial charge in [0.2, 0.25) is 11.8 Å². The van der Waals surface area contributed by atoms with Gasteiger partial charge in [-0.15, -0.1) is 0 Å². The summed E-state index contributed by atoms with van der Waals surface area (Å²) >= 11 is 0. The van der Waals surface area contributed by atoms with E-state index in [1.165, 1.54) is 31.9 Å². The number of aromatic nitrogens is 4. The first-order valence-corrected chi connectivity index (χ1v) is 25.1. The zero-order valence-corrected chi connectivity index (χ0v) is 41.6. The maximum absolute atomic E-state index is 16.7. The summed E-state index contributed by atoms with van der Waals surface area (Å²) in [6.45, 7) is 7.76. The van der Waals surface area contributed by atoms with Crippen LogP contribution in [-0.2, 0) is 25.6 Å². The number of aromatic amines is 2.